The average Bonchev–Trinajstić information content (AvgIpc) is 2.63. The summed E-state index contributed by atoms with van der Waals surface area (Å²) in [6.45, 7) is 5.73. The summed E-state index contributed by atoms with van der Waals surface area (Å²) in [7, 11) is 2.12. The second-order valence-corrected chi connectivity index (χ2v) is 5.95. The fraction of sp³-hybridized carbons (Fsp3) is 0.625. The predicted molar refractivity (Wildman–Crippen MR) is 81.1 cm³/mol. The Kier molecular flexibility index (Phi) is 5.67. The number of benzene rings is 1. The van der Waals surface area contributed by atoms with Gasteiger partial charge in [0.15, 0.2) is 0 Å². The van der Waals surface area contributed by atoms with Crippen LogP contribution in [0.1, 0.15) is 31.4 Å². The molecule has 5 heteroatoms. The van der Waals surface area contributed by atoms with Gasteiger partial charge in [-0.15, -0.1) is 0 Å². The maximum absolute atomic E-state index is 13.8. The van der Waals surface area contributed by atoms with E-state index in [0.717, 1.165) is 44.6 Å². The second-order valence-electron chi connectivity index (χ2n) is 5.95. The molecule has 0 spiro atoms. The lowest BCUT2D eigenvalue weighted by Crippen LogP contribution is -2.43. The van der Waals surface area contributed by atoms with Crippen LogP contribution >= 0.6 is 0 Å². The first-order valence-electron chi connectivity index (χ1n) is 7.64. The van der Waals surface area contributed by atoms with E-state index in [-0.39, 0.29) is 5.56 Å². The molecule has 2 unspecified atom stereocenters. The molecule has 0 bridgehead atoms. The van der Waals surface area contributed by atoms with Gasteiger partial charge in [-0.3, -0.25) is 4.90 Å². The largest absolute Gasteiger partial charge is 0.323 e. The third kappa shape index (κ3) is 4.22. The van der Waals surface area contributed by atoms with Gasteiger partial charge in [0.2, 0.25) is 0 Å². The van der Waals surface area contributed by atoms with Crippen molar-refractivity contribution in [3.8, 4) is 0 Å². The minimum Gasteiger partial charge on any atom is -0.323 e. The van der Waals surface area contributed by atoms with E-state index < -0.39 is 17.7 Å². The normalized spacial score (nSPS) is 23.0. The average molecular weight is 297 g/mol. The zero-order chi connectivity index (χ0) is 15.4. The SMILES string of the molecule is CCC1CN(C)CCCN1CC(N)c1cc(F)ccc1F. The van der Waals surface area contributed by atoms with Gasteiger partial charge in [0.05, 0.1) is 0 Å². The maximum Gasteiger partial charge on any atom is 0.128 e. The van der Waals surface area contributed by atoms with E-state index in [4.69, 9.17) is 5.73 Å². The van der Waals surface area contributed by atoms with Crippen molar-refractivity contribution >= 4 is 0 Å². The lowest BCUT2D eigenvalue weighted by Gasteiger charge is -2.32. The van der Waals surface area contributed by atoms with Gasteiger partial charge in [-0.2, -0.15) is 0 Å². The topological polar surface area (TPSA) is 32.5 Å². The van der Waals surface area contributed by atoms with Gasteiger partial charge < -0.3 is 10.6 Å². The zero-order valence-electron chi connectivity index (χ0n) is 12.9. The van der Waals surface area contributed by atoms with Crippen LogP contribution < -0.4 is 5.73 Å². The molecule has 2 rings (SSSR count). The van der Waals surface area contributed by atoms with Gasteiger partial charge in [-0.05, 0) is 51.2 Å². The first kappa shape index (κ1) is 16.3. The number of nitrogens with two attached hydrogens (primary N) is 1. The Morgan fingerprint density at radius 3 is 2.81 bits per heavy atom. The molecule has 1 aliphatic rings. The lowest BCUT2D eigenvalue weighted by atomic mass is 10.0. The third-order valence-electron chi connectivity index (χ3n) is 4.28. The third-order valence-corrected chi connectivity index (χ3v) is 4.28. The minimum absolute atomic E-state index is 0.266. The van der Waals surface area contributed by atoms with Crippen LogP contribution in [0.4, 0.5) is 8.78 Å². The van der Waals surface area contributed by atoms with Gasteiger partial charge in [0, 0.05) is 30.7 Å². The molecule has 0 aliphatic carbocycles. The fourth-order valence-electron chi connectivity index (χ4n) is 3.07. The monoisotopic (exact) mass is 297 g/mol. The Balaban J connectivity index is 2.09. The molecule has 1 aromatic rings. The Morgan fingerprint density at radius 1 is 1.33 bits per heavy atom. The van der Waals surface area contributed by atoms with E-state index in [1.807, 2.05) is 0 Å². The first-order chi connectivity index (χ1) is 10.0. The summed E-state index contributed by atoms with van der Waals surface area (Å²) in [5, 5.41) is 0. The summed E-state index contributed by atoms with van der Waals surface area (Å²) in [4.78, 5) is 4.64. The van der Waals surface area contributed by atoms with E-state index in [0.29, 0.717) is 12.6 Å². The van der Waals surface area contributed by atoms with Crippen molar-refractivity contribution in [1.29, 1.82) is 0 Å². The van der Waals surface area contributed by atoms with Crippen LogP contribution in [0.5, 0.6) is 0 Å². The van der Waals surface area contributed by atoms with Gasteiger partial charge in [0.25, 0.3) is 0 Å². The van der Waals surface area contributed by atoms with Crippen molar-refractivity contribution < 1.29 is 8.78 Å². The quantitative estimate of drug-likeness (QED) is 0.926. The standard InChI is InChI=1S/C16H25F2N3/c1-3-13-10-20(2)7-4-8-21(13)11-16(19)14-9-12(17)5-6-15(14)18/h5-6,9,13,16H,3-4,7-8,10-11,19H2,1-2H3. The van der Waals surface area contributed by atoms with E-state index in [9.17, 15) is 8.78 Å². The van der Waals surface area contributed by atoms with Crippen molar-refractivity contribution in [2.45, 2.75) is 31.8 Å². The molecule has 2 N–H and O–H groups in total. The molecule has 3 nitrogen and oxygen atoms in total. The maximum atomic E-state index is 13.8. The predicted octanol–water partition coefficient (Wildman–Crippen LogP) is 2.38. The molecule has 0 amide bonds. The number of hydrogen-bond donors (Lipinski definition) is 1. The smallest absolute Gasteiger partial charge is 0.128 e. The van der Waals surface area contributed by atoms with Crippen LogP contribution in [0.25, 0.3) is 0 Å². The highest BCUT2D eigenvalue weighted by atomic mass is 19.1. The highest BCUT2D eigenvalue weighted by Crippen LogP contribution is 2.20. The fourth-order valence-corrected chi connectivity index (χ4v) is 3.07. The molecule has 0 radical (unpaired) electrons. The van der Waals surface area contributed by atoms with E-state index in [2.05, 4.69) is 23.8 Å². The molecule has 0 saturated carbocycles. The number of likely N-dealkylation sites (N-methyl/N-ethyl adjacent to an activating group) is 1. The molecule has 21 heavy (non-hydrogen) atoms. The van der Waals surface area contributed by atoms with Crippen molar-refractivity contribution in [3.05, 3.63) is 35.4 Å². The molecule has 1 aromatic carbocycles. The molecule has 2 atom stereocenters. The highest BCUT2D eigenvalue weighted by Gasteiger charge is 2.24. The number of nitrogens with zero attached hydrogens (tertiary/aromatic N) is 2. The van der Waals surface area contributed by atoms with Crippen LogP contribution in [0, 0.1) is 11.6 Å². The molecule has 1 fully saturated rings. The van der Waals surface area contributed by atoms with E-state index >= 15 is 0 Å². The summed E-state index contributed by atoms with van der Waals surface area (Å²) in [6.07, 6.45) is 2.11. The lowest BCUT2D eigenvalue weighted by molar-refractivity contribution is 0.173. The van der Waals surface area contributed by atoms with Crippen LogP contribution in [0.15, 0.2) is 18.2 Å². The minimum atomic E-state index is -0.502. The summed E-state index contributed by atoms with van der Waals surface area (Å²) in [6, 6.07) is 3.41. The Bertz CT molecular complexity index is 467. The Morgan fingerprint density at radius 2 is 2.10 bits per heavy atom. The van der Waals surface area contributed by atoms with Crippen molar-refractivity contribution in [1.82, 2.24) is 9.80 Å². The zero-order valence-corrected chi connectivity index (χ0v) is 12.9. The summed E-state index contributed by atoms with van der Waals surface area (Å²) in [5.41, 5.74) is 6.40. The Labute approximate surface area is 125 Å². The van der Waals surface area contributed by atoms with Gasteiger partial charge in [0.1, 0.15) is 11.6 Å². The van der Waals surface area contributed by atoms with E-state index in [1.54, 1.807) is 0 Å². The number of halogens is 2. The molecular weight excluding hydrogens is 272 g/mol. The van der Waals surface area contributed by atoms with E-state index in [1.165, 1.54) is 6.07 Å². The summed E-state index contributed by atoms with van der Waals surface area (Å²) in [5.74, 6) is -0.867. The van der Waals surface area contributed by atoms with Crippen LogP contribution in [0.2, 0.25) is 0 Å². The molecule has 118 valence electrons. The first-order valence-corrected chi connectivity index (χ1v) is 7.64. The van der Waals surface area contributed by atoms with Crippen molar-refractivity contribution in [2.75, 3.05) is 33.2 Å². The van der Waals surface area contributed by atoms with Crippen LogP contribution in [-0.4, -0.2) is 49.1 Å². The number of hydrogen-bond acceptors (Lipinski definition) is 3. The van der Waals surface area contributed by atoms with Gasteiger partial charge in [-0.1, -0.05) is 6.92 Å². The number of rotatable bonds is 4. The molecule has 1 aliphatic heterocycles. The second kappa shape index (κ2) is 7.29. The summed E-state index contributed by atoms with van der Waals surface area (Å²) >= 11 is 0. The van der Waals surface area contributed by atoms with Gasteiger partial charge >= 0.3 is 0 Å². The molecule has 1 saturated heterocycles. The Hall–Kier alpha value is -1.04. The highest BCUT2D eigenvalue weighted by molar-refractivity contribution is 5.22. The summed E-state index contributed by atoms with van der Waals surface area (Å²) < 4.78 is 27.1. The molecule has 0 aromatic heterocycles. The van der Waals surface area contributed by atoms with Crippen LogP contribution in [0.3, 0.4) is 0 Å². The van der Waals surface area contributed by atoms with Crippen LogP contribution in [-0.2, 0) is 0 Å². The van der Waals surface area contributed by atoms with Gasteiger partial charge in [-0.25, -0.2) is 8.78 Å². The van der Waals surface area contributed by atoms with Crippen molar-refractivity contribution in [2.24, 2.45) is 5.73 Å². The molecule has 1 heterocycles. The molecular formula is C16H25F2N3. The van der Waals surface area contributed by atoms with Crippen molar-refractivity contribution in [3.63, 3.8) is 0 Å².